The van der Waals surface area contributed by atoms with Gasteiger partial charge in [-0.25, -0.2) is 0 Å². The molecule has 3 fully saturated rings. The van der Waals surface area contributed by atoms with Crippen LogP contribution in [0, 0.1) is 11.8 Å². The minimum absolute atomic E-state index is 0.00285. The standard InChI is InChI=1S/C23H31N5O2/c29-23(28-11-8-21-19(15-28)14-24-25-21)22-13-20(30-26-22)16-27-9-6-18(7-10-27)12-17-4-2-1-3-5-17/h1-5,13,18-19,21,24-25H,6-12,14-16H2. The molecule has 0 spiro atoms. The van der Waals surface area contributed by atoms with E-state index in [-0.39, 0.29) is 5.91 Å². The van der Waals surface area contributed by atoms with Gasteiger partial charge in [0.2, 0.25) is 0 Å². The van der Waals surface area contributed by atoms with E-state index in [1.54, 1.807) is 0 Å². The van der Waals surface area contributed by atoms with Crippen LogP contribution < -0.4 is 10.9 Å². The molecular weight excluding hydrogens is 378 g/mol. The molecule has 3 aliphatic rings. The molecule has 30 heavy (non-hydrogen) atoms. The number of likely N-dealkylation sites (tertiary alicyclic amines) is 2. The SMILES string of the molecule is O=C(c1cc(CN2CCC(Cc3ccccc3)CC2)on1)N1CCC2NNCC2C1. The van der Waals surface area contributed by atoms with Crippen LogP contribution in [0.4, 0.5) is 0 Å². The van der Waals surface area contributed by atoms with E-state index < -0.39 is 0 Å². The number of carbonyl (C=O) groups is 1. The zero-order valence-electron chi connectivity index (χ0n) is 17.4. The van der Waals surface area contributed by atoms with E-state index in [2.05, 4.69) is 51.2 Å². The number of nitrogens with zero attached hydrogens (tertiary/aromatic N) is 3. The Morgan fingerprint density at radius 3 is 2.80 bits per heavy atom. The molecule has 2 atom stereocenters. The lowest BCUT2D eigenvalue weighted by Crippen LogP contribution is -2.47. The minimum atomic E-state index is -0.00285. The van der Waals surface area contributed by atoms with E-state index in [0.717, 1.165) is 57.4 Å². The summed E-state index contributed by atoms with van der Waals surface area (Å²) in [5, 5.41) is 4.09. The number of hydrogen-bond donors (Lipinski definition) is 2. The van der Waals surface area contributed by atoms with Crippen molar-refractivity contribution in [3.63, 3.8) is 0 Å². The fourth-order valence-electron chi connectivity index (χ4n) is 5.10. The zero-order valence-corrected chi connectivity index (χ0v) is 17.4. The van der Waals surface area contributed by atoms with Crippen molar-refractivity contribution in [1.29, 1.82) is 0 Å². The van der Waals surface area contributed by atoms with Crippen molar-refractivity contribution in [3.8, 4) is 0 Å². The highest BCUT2D eigenvalue weighted by molar-refractivity contribution is 5.92. The molecular formula is C23H31N5O2. The van der Waals surface area contributed by atoms with Crippen LogP contribution in [0.1, 0.15) is 41.1 Å². The van der Waals surface area contributed by atoms with Gasteiger partial charge in [-0.2, -0.15) is 0 Å². The Hall–Kier alpha value is -2.22. The second kappa shape index (κ2) is 8.88. The monoisotopic (exact) mass is 409 g/mol. The number of nitrogens with one attached hydrogen (secondary N) is 2. The lowest BCUT2D eigenvalue weighted by Gasteiger charge is -2.33. The summed E-state index contributed by atoms with van der Waals surface area (Å²) in [4.78, 5) is 17.2. The summed E-state index contributed by atoms with van der Waals surface area (Å²) < 4.78 is 5.52. The summed E-state index contributed by atoms with van der Waals surface area (Å²) >= 11 is 0. The van der Waals surface area contributed by atoms with E-state index in [1.807, 2.05) is 11.0 Å². The average molecular weight is 410 g/mol. The van der Waals surface area contributed by atoms with Gasteiger partial charge in [0.25, 0.3) is 5.91 Å². The third-order valence-corrected chi connectivity index (χ3v) is 6.90. The molecule has 0 radical (unpaired) electrons. The van der Waals surface area contributed by atoms with Crippen LogP contribution in [-0.4, -0.2) is 59.6 Å². The molecule has 0 saturated carbocycles. The topological polar surface area (TPSA) is 73.6 Å². The molecule has 7 heteroatoms. The van der Waals surface area contributed by atoms with Gasteiger partial charge in [-0.05, 0) is 50.3 Å². The second-order valence-electron chi connectivity index (χ2n) is 9.02. The van der Waals surface area contributed by atoms with E-state index in [0.29, 0.717) is 17.7 Å². The summed E-state index contributed by atoms with van der Waals surface area (Å²) in [6.07, 6.45) is 4.55. The van der Waals surface area contributed by atoms with Gasteiger partial charge in [-0.15, -0.1) is 0 Å². The number of piperidine rings is 2. The summed E-state index contributed by atoms with van der Waals surface area (Å²) in [6.45, 7) is 5.33. The third kappa shape index (κ3) is 4.43. The summed E-state index contributed by atoms with van der Waals surface area (Å²) in [7, 11) is 0. The lowest BCUT2D eigenvalue weighted by atomic mass is 9.90. The molecule has 5 rings (SSSR count). The van der Waals surface area contributed by atoms with Crippen molar-refractivity contribution in [2.75, 3.05) is 32.7 Å². The van der Waals surface area contributed by atoms with Crippen LogP contribution >= 0.6 is 0 Å². The number of hydrogen-bond acceptors (Lipinski definition) is 6. The summed E-state index contributed by atoms with van der Waals surface area (Å²) in [5.41, 5.74) is 8.38. The van der Waals surface area contributed by atoms with Gasteiger partial charge >= 0.3 is 0 Å². The molecule has 3 aliphatic heterocycles. The van der Waals surface area contributed by atoms with E-state index in [1.165, 1.54) is 24.8 Å². The normalized spacial score (nSPS) is 25.4. The van der Waals surface area contributed by atoms with Gasteiger partial charge in [0.1, 0.15) is 0 Å². The van der Waals surface area contributed by atoms with Gasteiger partial charge in [0.15, 0.2) is 11.5 Å². The van der Waals surface area contributed by atoms with Crippen LogP contribution in [0.15, 0.2) is 40.9 Å². The molecule has 1 aromatic carbocycles. The molecule has 7 nitrogen and oxygen atoms in total. The van der Waals surface area contributed by atoms with Gasteiger partial charge in [0.05, 0.1) is 6.54 Å². The van der Waals surface area contributed by atoms with Gasteiger partial charge < -0.3 is 9.42 Å². The van der Waals surface area contributed by atoms with Crippen LogP contribution in [-0.2, 0) is 13.0 Å². The number of hydrazine groups is 1. The molecule has 1 amide bonds. The first-order valence-corrected chi connectivity index (χ1v) is 11.2. The fourth-order valence-corrected chi connectivity index (χ4v) is 5.10. The first kappa shape index (κ1) is 19.7. The van der Waals surface area contributed by atoms with Crippen molar-refractivity contribution >= 4 is 5.91 Å². The average Bonchev–Trinajstić information content (AvgIpc) is 3.44. The van der Waals surface area contributed by atoms with Crippen LogP contribution in [0.2, 0.25) is 0 Å². The number of aromatic nitrogens is 1. The lowest BCUT2D eigenvalue weighted by molar-refractivity contribution is 0.0657. The number of carbonyl (C=O) groups excluding carboxylic acids is 1. The fraction of sp³-hybridized carbons (Fsp3) is 0.565. The largest absolute Gasteiger partial charge is 0.359 e. The van der Waals surface area contributed by atoms with E-state index >= 15 is 0 Å². The predicted molar refractivity (Wildman–Crippen MR) is 114 cm³/mol. The van der Waals surface area contributed by atoms with Crippen molar-refractivity contribution in [3.05, 3.63) is 53.4 Å². The number of rotatable bonds is 5. The molecule has 2 unspecified atom stereocenters. The molecule has 2 aromatic rings. The van der Waals surface area contributed by atoms with Crippen LogP contribution in [0.25, 0.3) is 0 Å². The first-order chi connectivity index (χ1) is 14.7. The van der Waals surface area contributed by atoms with Crippen molar-refractivity contribution in [2.24, 2.45) is 11.8 Å². The molecule has 2 N–H and O–H groups in total. The van der Waals surface area contributed by atoms with Gasteiger partial charge in [0, 0.05) is 37.7 Å². The van der Waals surface area contributed by atoms with Crippen LogP contribution in [0.3, 0.4) is 0 Å². The highest BCUT2D eigenvalue weighted by Crippen LogP contribution is 2.24. The highest BCUT2D eigenvalue weighted by atomic mass is 16.5. The maximum Gasteiger partial charge on any atom is 0.276 e. The van der Waals surface area contributed by atoms with Crippen molar-refractivity contribution in [2.45, 2.75) is 38.3 Å². The highest BCUT2D eigenvalue weighted by Gasteiger charge is 2.35. The number of benzene rings is 1. The van der Waals surface area contributed by atoms with Crippen LogP contribution in [0.5, 0.6) is 0 Å². The zero-order chi connectivity index (χ0) is 20.3. The quantitative estimate of drug-likeness (QED) is 0.788. The Morgan fingerprint density at radius 2 is 1.97 bits per heavy atom. The van der Waals surface area contributed by atoms with Gasteiger partial charge in [-0.1, -0.05) is 35.5 Å². The molecule has 4 heterocycles. The third-order valence-electron chi connectivity index (χ3n) is 6.90. The number of fused-ring (bicyclic) bond motifs is 1. The molecule has 160 valence electrons. The molecule has 0 bridgehead atoms. The van der Waals surface area contributed by atoms with Crippen molar-refractivity contribution in [1.82, 2.24) is 25.8 Å². The minimum Gasteiger partial charge on any atom is -0.359 e. The Labute approximate surface area is 177 Å². The maximum atomic E-state index is 12.9. The van der Waals surface area contributed by atoms with E-state index in [4.69, 9.17) is 4.52 Å². The molecule has 3 saturated heterocycles. The maximum absolute atomic E-state index is 12.9. The summed E-state index contributed by atoms with van der Waals surface area (Å²) in [5.74, 6) is 2.01. The second-order valence-corrected chi connectivity index (χ2v) is 9.02. The Kier molecular flexibility index (Phi) is 5.84. The molecule has 1 aromatic heterocycles. The Morgan fingerprint density at radius 1 is 1.13 bits per heavy atom. The Balaban J connectivity index is 1.11. The van der Waals surface area contributed by atoms with Crippen molar-refractivity contribution < 1.29 is 9.32 Å². The number of amides is 1. The Bertz CT molecular complexity index is 846. The first-order valence-electron chi connectivity index (χ1n) is 11.2. The smallest absolute Gasteiger partial charge is 0.276 e. The van der Waals surface area contributed by atoms with E-state index in [9.17, 15) is 4.79 Å². The summed E-state index contributed by atoms with van der Waals surface area (Å²) in [6, 6.07) is 13.1. The molecule has 0 aliphatic carbocycles. The van der Waals surface area contributed by atoms with Gasteiger partial charge in [-0.3, -0.25) is 20.5 Å². The predicted octanol–water partition coefficient (Wildman–Crippen LogP) is 2.07.